The molecule has 0 aromatic rings. The fraction of sp³-hybridized carbons (Fsp3) is 0.867. The van der Waals surface area contributed by atoms with Gasteiger partial charge in [0.05, 0.1) is 6.10 Å². The average Bonchev–Trinajstić information content (AvgIpc) is 3.22. The summed E-state index contributed by atoms with van der Waals surface area (Å²) in [7, 11) is 1.63. The van der Waals surface area contributed by atoms with Gasteiger partial charge < -0.3 is 15.0 Å². The summed E-state index contributed by atoms with van der Waals surface area (Å²) in [5, 5.41) is 2.93. The van der Waals surface area contributed by atoms with Gasteiger partial charge in [-0.15, -0.1) is 0 Å². The number of rotatable bonds is 5. The predicted octanol–water partition coefficient (Wildman–Crippen LogP) is 1.17. The van der Waals surface area contributed by atoms with Gasteiger partial charge in [0.25, 0.3) is 0 Å². The maximum absolute atomic E-state index is 12.8. The van der Waals surface area contributed by atoms with Crippen LogP contribution < -0.4 is 5.32 Å². The van der Waals surface area contributed by atoms with Crippen LogP contribution in [0.5, 0.6) is 0 Å². The molecule has 1 heterocycles. The van der Waals surface area contributed by atoms with Crippen LogP contribution in [0.15, 0.2) is 0 Å². The van der Waals surface area contributed by atoms with E-state index < -0.39 is 11.6 Å². The predicted molar refractivity (Wildman–Crippen MR) is 76.1 cm³/mol. The van der Waals surface area contributed by atoms with Gasteiger partial charge >= 0.3 is 0 Å². The minimum absolute atomic E-state index is 0.0124. The molecule has 1 aliphatic heterocycles. The highest BCUT2D eigenvalue weighted by Crippen LogP contribution is 2.45. The number of ether oxygens (including phenoxy) is 1. The Hall–Kier alpha value is -1.10. The summed E-state index contributed by atoms with van der Waals surface area (Å²) in [4.78, 5) is 27.1. The molecule has 0 bridgehead atoms. The number of piperazine rings is 1. The summed E-state index contributed by atoms with van der Waals surface area (Å²) in [5.41, 5.74) is -0.713. The molecule has 0 aromatic carbocycles. The fourth-order valence-electron chi connectivity index (χ4n) is 2.98. The molecule has 3 atom stereocenters. The molecule has 0 aromatic heterocycles. The van der Waals surface area contributed by atoms with Gasteiger partial charge in [0, 0.05) is 13.7 Å². The quantitative estimate of drug-likeness (QED) is 0.823. The van der Waals surface area contributed by atoms with Crippen molar-refractivity contribution >= 4 is 11.8 Å². The number of carbonyl (C=O) groups is 2. The fourth-order valence-corrected chi connectivity index (χ4v) is 2.98. The molecule has 5 nitrogen and oxygen atoms in total. The molecule has 1 saturated carbocycles. The Bertz CT molecular complexity index is 406. The summed E-state index contributed by atoms with van der Waals surface area (Å²) in [6.45, 7) is 8.22. The van der Waals surface area contributed by atoms with Crippen LogP contribution in [0.4, 0.5) is 0 Å². The molecule has 0 radical (unpaired) electrons. The largest absolute Gasteiger partial charge is 0.380 e. The van der Waals surface area contributed by atoms with Gasteiger partial charge in [-0.1, -0.05) is 13.8 Å². The van der Waals surface area contributed by atoms with Crippen LogP contribution in [-0.2, 0) is 14.3 Å². The summed E-state index contributed by atoms with van der Waals surface area (Å²) < 4.78 is 5.30. The van der Waals surface area contributed by atoms with Crippen molar-refractivity contribution in [2.75, 3.05) is 13.7 Å². The summed E-state index contributed by atoms with van der Waals surface area (Å²) in [6, 6.07) is -0.418. The van der Waals surface area contributed by atoms with Gasteiger partial charge in [-0.05, 0) is 38.5 Å². The second-order valence-corrected chi connectivity index (χ2v) is 6.61. The van der Waals surface area contributed by atoms with Crippen molar-refractivity contribution in [1.29, 1.82) is 0 Å². The first-order valence-corrected chi connectivity index (χ1v) is 7.47. The molecule has 5 heteroatoms. The highest BCUT2D eigenvalue weighted by Gasteiger charge is 2.57. The van der Waals surface area contributed by atoms with E-state index in [0.29, 0.717) is 6.54 Å². The molecule has 3 unspecified atom stereocenters. The van der Waals surface area contributed by atoms with Crippen LogP contribution in [0.1, 0.15) is 40.5 Å². The van der Waals surface area contributed by atoms with Crippen molar-refractivity contribution in [2.45, 2.75) is 58.2 Å². The van der Waals surface area contributed by atoms with Gasteiger partial charge in [0.15, 0.2) is 0 Å². The summed E-state index contributed by atoms with van der Waals surface area (Å²) in [6.07, 6.45) is 1.96. The van der Waals surface area contributed by atoms with E-state index in [9.17, 15) is 9.59 Å². The SMILES string of the molecule is COC(C)CN1C(=O)C(C(C)C)NC(=O)C1(C)C1CC1. The van der Waals surface area contributed by atoms with Crippen molar-refractivity contribution < 1.29 is 14.3 Å². The Morgan fingerprint density at radius 3 is 2.40 bits per heavy atom. The second-order valence-electron chi connectivity index (χ2n) is 6.61. The van der Waals surface area contributed by atoms with Crippen LogP contribution in [0.3, 0.4) is 0 Å². The standard InChI is InChI=1S/C15H26N2O3/c1-9(2)12-13(18)17(8-10(3)20-5)15(4,11-6-7-11)14(19)16-12/h9-12H,6-8H2,1-5H3,(H,16,19). The third-order valence-corrected chi connectivity index (χ3v) is 4.72. The number of nitrogens with one attached hydrogen (secondary N) is 1. The molecule has 2 rings (SSSR count). The van der Waals surface area contributed by atoms with E-state index in [1.165, 1.54) is 0 Å². The van der Waals surface area contributed by atoms with Crippen LogP contribution in [0.25, 0.3) is 0 Å². The lowest BCUT2D eigenvalue weighted by molar-refractivity contribution is -0.161. The molecule has 1 saturated heterocycles. The maximum Gasteiger partial charge on any atom is 0.246 e. The third-order valence-electron chi connectivity index (χ3n) is 4.72. The lowest BCUT2D eigenvalue weighted by Gasteiger charge is -2.48. The number of methoxy groups -OCH3 is 1. The molecular formula is C15H26N2O3. The Balaban J connectivity index is 2.30. The Morgan fingerprint density at radius 1 is 1.35 bits per heavy atom. The van der Waals surface area contributed by atoms with Gasteiger partial charge in [-0.2, -0.15) is 0 Å². The van der Waals surface area contributed by atoms with Crippen LogP contribution in [-0.4, -0.2) is 48.1 Å². The summed E-state index contributed by atoms with van der Waals surface area (Å²) >= 11 is 0. The maximum atomic E-state index is 12.8. The molecule has 2 aliphatic rings. The molecular weight excluding hydrogens is 256 g/mol. The van der Waals surface area contributed by atoms with Gasteiger partial charge in [-0.3, -0.25) is 9.59 Å². The molecule has 1 aliphatic carbocycles. The zero-order valence-corrected chi connectivity index (χ0v) is 13.1. The van der Waals surface area contributed by atoms with Crippen molar-refractivity contribution in [3.05, 3.63) is 0 Å². The first-order valence-electron chi connectivity index (χ1n) is 7.47. The van der Waals surface area contributed by atoms with E-state index in [-0.39, 0.29) is 29.8 Å². The van der Waals surface area contributed by atoms with Gasteiger partial charge in [0.2, 0.25) is 11.8 Å². The minimum Gasteiger partial charge on any atom is -0.380 e. The van der Waals surface area contributed by atoms with E-state index >= 15 is 0 Å². The topological polar surface area (TPSA) is 58.6 Å². The monoisotopic (exact) mass is 282 g/mol. The number of amides is 2. The van der Waals surface area contributed by atoms with Crippen molar-refractivity contribution in [1.82, 2.24) is 10.2 Å². The molecule has 20 heavy (non-hydrogen) atoms. The van der Waals surface area contributed by atoms with Crippen LogP contribution in [0.2, 0.25) is 0 Å². The number of hydrogen-bond acceptors (Lipinski definition) is 3. The third kappa shape index (κ3) is 2.43. The van der Waals surface area contributed by atoms with E-state index in [1.54, 1.807) is 12.0 Å². The first-order chi connectivity index (χ1) is 9.32. The Kier molecular flexibility index (Phi) is 4.09. The lowest BCUT2D eigenvalue weighted by Crippen LogP contribution is -2.72. The van der Waals surface area contributed by atoms with E-state index in [4.69, 9.17) is 4.74 Å². The molecule has 114 valence electrons. The zero-order valence-electron chi connectivity index (χ0n) is 13.1. The number of nitrogens with zero attached hydrogens (tertiary/aromatic N) is 1. The minimum atomic E-state index is -0.713. The van der Waals surface area contributed by atoms with E-state index in [2.05, 4.69) is 5.32 Å². The zero-order chi connectivity index (χ0) is 15.1. The lowest BCUT2D eigenvalue weighted by atomic mass is 9.85. The molecule has 2 amide bonds. The van der Waals surface area contributed by atoms with Crippen LogP contribution >= 0.6 is 0 Å². The highest BCUT2D eigenvalue weighted by molar-refractivity contribution is 6.00. The molecule has 1 N–H and O–H groups in total. The van der Waals surface area contributed by atoms with Crippen molar-refractivity contribution in [3.8, 4) is 0 Å². The Morgan fingerprint density at radius 2 is 1.95 bits per heavy atom. The smallest absolute Gasteiger partial charge is 0.246 e. The second kappa shape index (κ2) is 5.35. The highest BCUT2D eigenvalue weighted by atomic mass is 16.5. The van der Waals surface area contributed by atoms with Crippen LogP contribution in [0, 0.1) is 11.8 Å². The molecule has 0 spiro atoms. The van der Waals surface area contributed by atoms with Crippen molar-refractivity contribution in [3.63, 3.8) is 0 Å². The van der Waals surface area contributed by atoms with Gasteiger partial charge in [0.1, 0.15) is 11.6 Å². The number of carbonyl (C=O) groups excluding carboxylic acids is 2. The average molecular weight is 282 g/mol. The van der Waals surface area contributed by atoms with Crippen molar-refractivity contribution in [2.24, 2.45) is 11.8 Å². The normalized spacial score (nSPS) is 32.5. The molecule has 2 fully saturated rings. The summed E-state index contributed by atoms with van der Waals surface area (Å²) in [5.74, 6) is 0.388. The van der Waals surface area contributed by atoms with E-state index in [1.807, 2.05) is 27.7 Å². The number of hydrogen-bond donors (Lipinski definition) is 1. The van der Waals surface area contributed by atoms with Gasteiger partial charge in [-0.25, -0.2) is 0 Å². The van der Waals surface area contributed by atoms with E-state index in [0.717, 1.165) is 12.8 Å². The Labute approximate surface area is 121 Å². The first kappa shape index (κ1) is 15.3.